The van der Waals surface area contributed by atoms with Crippen LogP contribution in [0.25, 0.3) is 0 Å². The molecule has 0 radical (unpaired) electrons. The first-order valence-electron chi connectivity index (χ1n) is 9.94. The second-order valence-corrected chi connectivity index (χ2v) is 7.29. The van der Waals surface area contributed by atoms with Crippen LogP contribution in [0.5, 0.6) is 5.75 Å². The van der Waals surface area contributed by atoms with Gasteiger partial charge in [-0.25, -0.2) is 0 Å². The van der Waals surface area contributed by atoms with Crippen molar-refractivity contribution >= 4 is 23.3 Å². The van der Waals surface area contributed by atoms with Gasteiger partial charge in [0.05, 0.1) is 12.3 Å². The molecule has 1 heterocycles. The van der Waals surface area contributed by atoms with Gasteiger partial charge in [0, 0.05) is 38.5 Å². The molecule has 30 heavy (non-hydrogen) atoms. The summed E-state index contributed by atoms with van der Waals surface area (Å²) in [6.45, 7) is 2.13. The van der Waals surface area contributed by atoms with Crippen LogP contribution in [0.1, 0.15) is 35.7 Å². The van der Waals surface area contributed by atoms with E-state index in [2.05, 4.69) is 0 Å². The number of anilines is 1. The Morgan fingerprint density at radius 1 is 1.13 bits per heavy atom. The molecule has 2 amide bonds. The van der Waals surface area contributed by atoms with Gasteiger partial charge in [-0.2, -0.15) is 0 Å². The Hall–Kier alpha value is -3.19. The van der Waals surface area contributed by atoms with Gasteiger partial charge in [-0.1, -0.05) is 30.3 Å². The fourth-order valence-electron chi connectivity index (χ4n) is 3.42. The number of aliphatic hydroxyl groups excluding tert-OH is 1. The lowest BCUT2D eigenvalue weighted by Gasteiger charge is -2.30. The minimum atomic E-state index is -0.566. The van der Waals surface area contributed by atoms with Crippen molar-refractivity contribution < 1.29 is 24.2 Å². The standard InChI is InChI=1S/C23H26N2O5/c1-16-23(29)24(2)19-14-18(8-10-21(19)30-16)20(27)9-11-22(28)25(12-13-26)15-17-6-4-3-5-7-17/h3-8,10,14,16,26H,9,11-13,15H2,1-2H3. The number of hydrogen-bond donors (Lipinski definition) is 1. The van der Waals surface area contributed by atoms with Crippen molar-refractivity contribution in [2.45, 2.75) is 32.4 Å². The Labute approximate surface area is 175 Å². The van der Waals surface area contributed by atoms with Crippen LogP contribution in [0, 0.1) is 0 Å². The SMILES string of the molecule is CC1Oc2ccc(C(=O)CCC(=O)N(CCO)Cc3ccccc3)cc2N(C)C1=O. The molecule has 3 rings (SSSR count). The zero-order valence-electron chi connectivity index (χ0n) is 17.2. The molecular formula is C23H26N2O5. The average Bonchev–Trinajstić information content (AvgIpc) is 2.76. The van der Waals surface area contributed by atoms with Crippen molar-refractivity contribution in [3.05, 3.63) is 59.7 Å². The molecule has 0 saturated carbocycles. The molecule has 1 aliphatic rings. The number of amides is 2. The predicted octanol–water partition coefficient (Wildman–Crippen LogP) is 2.41. The quantitative estimate of drug-likeness (QED) is 0.676. The van der Waals surface area contributed by atoms with Gasteiger partial charge < -0.3 is 19.6 Å². The minimum absolute atomic E-state index is 0.0449. The Morgan fingerprint density at radius 3 is 2.57 bits per heavy atom. The fraction of sp³-hybridized carbons (Fsp3) is 0.348. The van der Waals surface area contributed by atoms with Gasteiger partial charge in [-0.15, -0.1) is 0 Å². The second-order valence-electron chi connectivity index (χ2n) is 7.29. The van der Waals surface area contributed by atoms with Crippen LogP contribution >= 0.6 is 0 Å². The van der Waals surface area contributed by atoms with E-state index >= 15 is 0 Å². The lowest BCUT2D eigenvalue weighted by Crippen LogP contribution is -2.42. The lowest BCUT2D eigenvalue weighted by atomic mass is 10.0. The Kier molecular flexibility index (Phi) is 6.84. The maximum Gasteiger partial charge on any atom is 0.267 e. The summed E-state index contributed by atoms with van der Waals surface area (Å²) in [7, 11) is 1.65. The van der Waals surface area contributed by atoms with E-state index in [0.29, 0.717) is 23.5 Å². The number of carbonyl (C=O) groups excluding carboxylic acids is 3. The summed E-state index contributed by atoms with van der Waals surface area (Å²) < 4.78 is 5.58. The molecule has 0 spiro atoms. The summed E-state index contributed by atoms with van der Waals surface area (Å²) in [4.78, 5) is 40.4. The monoisotopic (exact) mass is 410 g/mol. The zero-order valence-corrected chi connectivity index (χ0v) is 17.2. The highest BCUT2D eigenvalue weighted by Crippen LogP contribution is 2.34. The number of likely N-dealkylation sites (N-methyl/N-ethyl adjacent to an activating group) is 1. The van der Waals surface area contributed by atoms with Crippen molar-refractivity contribution in [2.24, 2.45) is 0 Å². The lowest BCUT2D eigenvalue weighted by molar-refractivity contribution is -0.132. The second kappa shape index (κ2) is 9.54. The molecular weight excluding hydrogens is 384 g/mol. The van der Waals surface area contributed by atoms with Crippen molar-refractivity contribution in [2.75, 3.05) is 25.1 Å². The number of rotatable bonds is 8. The number of fused-ring (bicyclic) bond motifs is 1. The third-order valence-corrected chi connectivity index (χ3v) is 5.13. The summed E-state index contributed by atoms with van der Waals surface area (Å²) >= 11 is 0. The highest BCUT2D eigenvalue weighted by molar-refractivity contribution is 6.03. The first-order chi connectivity index (χ1) is 14.4. The van der Waals surface area contributed by atoms with Crippen LogP contribution in [0.15, 0.2) is 48.5 Å². The Bertz CT molecular complexity index is 928. The third-order valence-electron chi connectivity index (χ3n) is 5.13. The molecule has 0 saturated heterocycles. The molecule has 2 aromatic carbocycles. The molecule has 7 nitrogen and oxygen atoms in total. The molecule has 0 bridgehead atoms. The fourth-order valence-corrected chi connectivity index (χ4v) is 3.42. The van der Waals surface area contributed by atoms with Crippen LogP contribution in [0.3, 0.4) is 0 Å². The molecule has 0 fully saturated rings. The number of ether oxygens (including phenoxy) is 1. The van der Waals surface area contributed by atoms with Gasteiger partial charge in [0.1, 0.15) is 5.75 Å². The van der Waals surface area contributed by atoms with Gasteiger partial charge in [0.15, 0.2) is 11.9 Å². The van der Waals surface area contributed by atoms with Crippen LogP contribution in [0.2, 0.25) is 0 Å². The normalized spacial score (nSPS) is 15.4. The highest BCUT2D eigenvalue weighted by atomic mass is 16.5. The third kappa shape index (κ3) is 4.86. The number of nitrogens with zero attached hydrogens (tertiary/aromatic N) is 2. The van der Waals surface area contributed by atoms with Gasteiger partial charge in [0.25, 0.3) is 5.91 Å². The van der Waals surface area contributed by atoms with Crippen LogP contribution < -0.4 is 9.64 Å². The largest absolute Gasteiger partial charge is 0.479 e. The van der Waals surface area contributed by atoms with Crippen LogP contribution in [-0.4, -0.2) is 53.9 Å². The zero-order chi connectivity index (χ0) is 21.7. The van der Waals surface area contributed by atoms with Gasteiger partial charge in [-0.3, -0.25) is 14.4 Å². The maximum absolute atomic E-state index is 12.7. The van der Waals surface area contributed by atoms with Crippen molar-refractivity contribution in [1.82, 2.24) is 4.90 Å². The van der Waals surface area contributed by atoms with Gasteiger partial charge >= 0.3 is 0 Å². The van der Waals surface area contributed by atoms with Gasteiger partial charge in [0.2, 0.25) is 5.91 Å². The minimum Gasteiger partial charge on any atom is -0.479 e. The smallest absolute Gasteiger partial charge is 0.267 e. The number of carbonyl (C=O) groups is 3. The molecule has 1 unspecified atom stereocenters. The number of Topliss-reactive ketones (excluding diaryl/α,β-unsaturated/α-hetero) is 1. The number of ketones is 1. The summed E-state index contributed by atoms with van der Waals surface area (Å²) in [5.41, 5.74) is 1.93. The van der Waals surface area contributed by atoms with E-state index in [4.69, 9.17) is 4.74 Å². The molecule has 1 aliphatic heterocycles. The summed E-state index contributed by atoms with van der Waals surface area (Å²) in [6, 6.07) is 14.5. The number of aliphatic hydroxyl groups is 1. The number of benzene rings is 2. The van der Waals surface area contributed by atoms with Crippen LogP contribution in [0.4, 0.5) is 5.69 Å². The Balaban J connectivity index is 1.64. The summed E-state index contributed by atoms with van der Waals surface area (Å²) in [6.07, 6.45) is -0.474. The first-order valence-corrected chi connectivity index (χ1v) is 9.94. The summed E-state index contributed by atoms with van der Waals surface area (Å²) in [5.74, 6) is -0.00464. The molecule has 0 aliphatic carbocycles. The molecule has 7 heteroatoms. The van der Waals surface area contributed by atoms with Crippen LogP contribution in [-0.2, 0) is 16.1 Å². The Morgan fingerprint density at radius 2 is 1.87 bits per heavy atom. The summed E-state index contributed by atoms with van der Waals surface area (Å²) in [5, 5.41) is 9.29. The van der Waals surface area contributed by atoms with E-state index < -0.39 is 6.10 Å². The molecule has 1 atom stereocenters. The van der Waals surface area contributed by atoms with E-state index in [1.807, 2.05) is 30.3 Å². The van der Waals surface area contributed by atoms with E-state index in [-0.39, 0.29) is 43.6 Å². The molecule has 158 valence electrons. The predicted molar refractivity (Wildman–Crippen MR) is 112 cm³/mol. The first kappa shape index (κ1) is 21.5. The number of hydrogen-bond acceptors (Lipinski definition) is 5. The average molecular weight is 410 g/mol. The van der Waals surface area contributed by atoms with E-state index in [0.717, 1.165) is 5.56 Å². The van der Waals surface area contributed by atoms with E-state index in [9.17, 15) is 19.5 Å². The topological polar surface area (TPSA) is 87.2 Å². The molecule has 0 aromatic heterocycles. The van der Waals surface area contributed by atoms with Crippen molar-refractivity contribution in [3.8, 4) is 5.75 Å². The van der Waals surface area contributed by atoms with E-state index in [1.54, 1.807) is 37.1 Å². The van der Waals surface area contributed by atoms with Crippen molar-refractivity contribution in [3.63, 3.8) is 0 Å². The maximum atomic E-state index is 12.7. The highest BCUT2D eigenvalue weighted by Gasteiger charge is 2.29. The van der Waals surface area contributed by atoms with Gasteiger partial charge in [-0.05, 0) is 30.7 Å². The molecule has 1 N–H and O–H groups in total. The van der Waals surface area contributed by atoms with Crippen molar-refractivity contribution in [1.29, 1.82) is 0 Å². The van der Waals surface area contributed by atoms with E-state index in [1.165, 1.54) is 4.90 Å². The molecule has 2 aromatic rings.